The Kier molecular flexibility index (Phi) is 2.80. The first-order valence-corrected chi connectivity index (χ1v) is 5.50. The van der Waals surface area contributed by atoms with E-state index in [0.29, 0.717) is 11.6 Å². The van der Waals surface area contributed by atoms with Crippen LogP contribution in [0.5, 0.6) is 0 Å². The fourth-order valence-electron chi connectivity index (χ4n) is 2.33. The second-order valence-corrected chi connectivity index (χ2v) is 4.19. The van der Waals surface area contributed by atoms with E-state index < -0.39 is 0 Å². The van der Waals surface area contributed by atoms with Gasteiger partial charge in [-0.3, -0.25) is 4.79 Å². The van der Waals surface area contributed by atoms with Crippen molar-refractivity contribution in [2.45, 2.75) is 32.2 Å². The fourth-order valence-corrected chi connectivity index (χ4v) is 2.33. The molecule has 1 aliphatic heterocycles. The molecule has 2 rings (SSSR count). The van der Waals surface area contributed by atoms with Crippen LogP contribution in [0.2, 0.25) is 0 Å². The third kappa shape index (κ3) is 1.91. The maximum atomic E-state index is 11.3. The molecule has 1 aliphatic carbocycles. The van der Waals surface area contributed by atoms with E-state index in [1.165, 1.54) is 12.8 Å². The van der Waals surface area contributed by atoms with Gasteiger partial charge in [0.1, 0.15) is 0 Å². The highest BCUT2D eigenvalue weighted by Gasteiger charge is 2.26. The van der Waals surface area contributed by atoms with Crippen LogP contribution in [-0.2, 0) is 4.79 Å². The van der Waals surface area contributed by atoms with Crippen molar-refractivity contribution in [3.05, 3.63) is 29.8 Å². The Morgan fingerprint density at radius 3 is 3.00 bits per heavy atom. The first-order valence-electron chi connectivity index (χ1n) is 5.50. The van der Waals surface area contributed by atoms with Gasteiger partial charge in [0.15, 0.2) is 0 Å². The minimum atomic E-state index is -0.312. The summed E-state index contributed by atoms with van der Waals surface area (Å²) in [5.74, 6) is -0.312. The van der Waals surface area contributed by atoms with Crippen LogP contribution in [0.25, 0.3) is 0 Å². The predicted octanol–water partition coefficient (Wildman–Crippen LogP) is 1.37. The van der Waals surface area contributed by atoms with Crippen LogP contribution < -0.4 is 5.73 Å². The summed E-state index contributed by atoms with van der Waals surface area (Å²) in [6.07, 6.45) is 9.23. The van der Waals surface area contributed by atoms with Gasteiger partial charge in [-0.2, -0.15) is 0 Å². The Hall–Kier alpha value is -1.25. The lowest BCUT2D eigenvalue weighted by Crippen LogP contribution is -2.31. The van der Waals surface area contributed by atoms with E-state index in [-0.39, 0.29) is 5.91 Å². The van der Waals surface area contributed by atoms with Crippen molar-refractivity contribution in [3.8, 4) is 0 Å². The van der Waals surface area contributed by atoms with E-state index in [4.69, 9.17) is 5.73 Å². The molecule has 0 aromatic heterocycles. The number of likely N-dealkylation sites (tertiary alicyclic amines) is 1. The summed E-state index contributed by atoms with van der Waals surface area (Å²) in [5.41, 5.74) is 7.08. The van der Waals surface area contributed by atoms with Crippen molar-refractivity contribution >= 4 is 5.91 Å². The summed E-state index contributed by atoms with van der Waals surface area (Å²) in [5, 5.41) is 0. The van der Waals surface area contributed by atoms with Crippen LogP contribution in [0.4, 0.5) is 0 Å². The zero-order chi connectivity index (χ0) is 10.8. The zero-order valence-corrected chi connectivity index (χ0v) is 9.07. The number of hydrogen-bond donors (Lipinski definition) is 1. The molecule has 0 unspecified atom stereocenters. The molecular formula is C12H17N2O. The van der Waals surface area contributed by atoms with Crippen molar-refractivity contribution in [3.63, 3.8) is 0 Å². The summed E-state index contributed by atoms with van der Waals surface area (Å²) in [7, 11) is 0. The Morgan fingerprint density at radius 2 is 2.40 bits per heavy atom. The summed E-state index contributed by atoms with van der Waals surface area (Å²) in [6.45, 7) is 3.23. The number of allylic oxidation sites excluding steroid dienone is 2. The van der Waals surface area contributed by atoms with Gasteiger partial charge in [-0.15, -0.1) is 0 Å². The van der Waals surface area contributed by atoms with E-state index in [2.05, 4.69) is 18.2 Å². The summed E-state index contributed by atoms with van der Waals surface area (Å²) >= 11 is 0. The van der Waals surface area contributed by atoms with Crippen LogP contribution in [-0.4, -0.2) is 23.4 Å². The largest absolute Gasteiger partial charge is 0.368 e. The zero-order valence-electron chi connectivity index (χ0n) is 9.07. The monoisotopic (exact) mass is 205 g/mol. The molecule has 0 aromatic carbocycles. The SMILES string of the molecule is C[C@H]1CCCN1C1=C[CH]CC=C1C(N)=O. The molecule has 3 heteroatoms. The van der Waals surface area contributed by atoms with Gasteiger partial charge in [0, 0.05) is 18.3 Å². The molecule has 0 saturated carbocycles. The fraction of sp³-hybridized carbons (Fsp3) is 0.500. The normalized spacial score (nSPS) is 26.2. The molecular weight excluding hydrogens is 188 g/mol. The molecule has 1 fully saturated rings. The van der Waals surface area contributed by atoms with Crippen molar-refractivity contribution < 1.29 is 4.79 Å². The number of nitrogens with two attached hydrogens (primary N) is 1. The first-order chi connectivity index (χ1) is 7.20. The van der Waals surface area contributed by atoms with Crippen LogP contribution in [0.15, 0.2) is 23.4 Å². The summed E-state index contributed by atoms with van der Waals surface area (Å²) in [6, 6.07) is 0.519. The molecule has 0 spiro atoms. The number of carbonyl (C=O) groups is 1. The van der Waals surface area contributed by atoms with Gasteiger partial charge < -0.3 is 10.6 Å². The van der Waals surface area contributed by atoms with Crippen LogP contribution in [0, 0.1) is 6.42 Å². The number of primary amides is 1. The standard InChI is InChI=1S/C12H17N2O/c1-9-5-4-8-14(9)11-7-3-2-6-10(11)12(13)15/h3,6-7,9H,2,4-5,8H2,1H3,(H2,13,15)/t9-/m0/s1. The molecule has 1 atom stereocenters. The second-order valence-electron chi connectivity index (χ2n) is 4.19. The summed E-state index contributed by atoms with van der Waals surface area (Å²) < 4.78 is 0. The van der Waals surface area contributed by atoms with Crippen LogP contribution in [0.1, 0.15) is 26.2 Å². The number of nitrogens with zero attached hydrogens (tertiary/aromatic N) is 1. The lowest BCUT2D eigenvalue weighted by molar-refractivity contribution is -0.114. The lowest BCUT2D eigenvalue weighted by Gasteiger charge is -2.29. The smallest absolute Gasteiger partial charge is 0.250 e. The molecule has 1 radical (unpaired) electrons. The van der Waals surface area contributed by atoms with Crippen molar-refractivity contribution in [1.82, 2.24) is 4.90 Å². The van der Waals surface area contributed by atoms with Gasteiger partial charge in [-0.25, -0.2) is 0 Å². The average molecular weight is 205 g/mol. The maximum Gasteiger partial charge on any atom is 0.250 e. The lowest BCUT2D eigenvalue weighted by atomic mass is 10.0. The summed E-state index contributed by atoms with van der Waals surface area (Å²) in [4.78, 5) is 13.6. The minimum absolute atomic E-state index is 0.312. The first kappa shape index (κ1) is 10.3. The Bertz CT molecular complexity index is 331. The van der Waals surface area contributed by atoms with Crippen molar-refractivity contribution in [2.75, 3.05) is 6.54 Å². The highest BCUT2D eigenvalue weighted by atomic mass is 16.1. The molecule has 1 saturated heterocycles. The Balaban J connectivity index is 2.23. The Morgan fingerprint density at radius 1 is 1.60 bits per heavy atom. The van der Waals surface area contributed by atoms with Gasteiger partial charge in [0.05, 0.1) is 5.57 Å². The maximum absolute atomic E-state index is 11.3. The molecule has 0 bridgehead atoms. The van der Waals surface area contributed by atoms with Gasteiger partial charge in [-0.05, 0) is 32.6 Å². The molecule has 3 nitrogen and oxygen atoms in total. The second kappa shape index (κ2) is 4.09. The van der Waals surface area contributed by atoms with Gasteiger partial charge >= 0.3 is 0 Å². The molecule has 15 heavy (non-hydrogen) atoms. The van der Waals surface area contributed by atoms with E-state index in [1.807, 2.05) is 12.2 Å². The molecule has 0 aromatic rings. The molecule has 2 aliphatic rings. The van der Waals surface area contributed by atoms with Crippen LogP contribution >= 0.6 is 0 Å². The van der Waals surface area contributed by atoms with Gasteiger partial charge in [0.25, 0.3) is 0 Å². The third-order valence-corrected chi connectivity index (χ3v) is 3.14. The number of carbonyl (C=O) groups excluding carboxylic acids is 1. The van der Waals surface area contributed by atoms with Gasteiger partial charge in [-0.1, -0.05) is 12.2 Å². The quantitative estimate of drug-likeness (QED) is 0.740. The number of amides is 1. The number of rotatable bonds is 2. The van der Waals surface area contributed by atoms with E-state index in [0.717, 1.165) is 18.7 Å². The van der Waals surface area contributed by atoms with Crippen molar-refractivity contribution in [2.24, 2.45) is 5.73 Å². The molecule has 2 N–H and O–H groups in total. The predicted molar refractivity (Wildman–Crippen MR) is 59.7 cm³/mol. The van der Waals surface area contributed by atoms with Gasteiger partial charge in [0.2, 0.25) is 5.91 Å². The van der Waals surface area contributed by atoms with Crippen molar-refractivity contribution in [1.29, 1.82) is 0 Å². The molecule has 1 heterocycles. The topological polar surface area (TPSA) is 46.3 Å². The van der Waals surface area contributed by atoms with E-state index >= 15 is 0 Å². The Labute approximate surface area is 90.6 Å². The van der Waals surface area contributed by atoms with E-state index in [9.17, 15) is 4.79 Å². The highest BCUT2D eigenvalue weighted by molar-refractivity contribution is 5.96. The molecule has 81 valence electrons. The highest BCUT2D eigenvalue weighted by Crippen LogP contribution is 2.28. The van der Waals surface area contributed by atoms with E-state index in [1.54, 1.807) is 0 Å². The third-order valence-electron chi connectivity index (χ3n) is 3.14. The molecule has 1 amide bonds. The van der Waals surface area contributed by atoms with Crippen LogP contribution in [0.3, 0.4) is 0 Å². The number of hydrogen-bond acceptors (Lipinski definition) is 2. The average Bonchev–Trinajstić information content (AvgIpc) is 2.64. The minimum Gasteiger partial charge on any atom is -0.368 e.